The van der Waals surface area contributed by atoms with Gasteiger partial charge in [0, 0.05) is 23.4 Å². The zero-order valence-corrected chi connectivity index (χ0v) is 11.3. The molecule has 2 aliphatic rings. The Morgan fingerprint density at radius 1 is 1.24 bits per heavy atom. The number of hydrogen-bond donors (Lipinski definition) is 1. The first kappa shape index (κ1) is 14.0. The molecule has 1 amide bonds. The molecular weight excluding hydrogens is 280 g/mol. The van der Waals surface area contributed by atoms with Gasteiger partial charge in [-0.25, -0.2) is 8.78 Å². The number of halogens is 2. The number of carbonyl (C=O) groups excluding carboxylic acids is 1. The molecule has 6 heteroatoms. The Morgan fingerprint density at radius 2 is 1.86 bits per heavy atom. The number of carbonyl (C=O) groups is 2. The second kappa shape index (κ2) is 5.09. The predicted molar refractivity (Wildman–Crippen MR) is 69.6 cm³/mol. The smallest absolute Gasteiger partial charge is 0.323 e. The fourth-order valence-electron chi connectivity index (χ4n) is 2.78. The van der Waals surface area contributed by atoms with Gasteiger partial charge in [-0.1, -0.05) is 6.07 Å². The second-order valence-electron chi connectivity index (χ2n) is 5.68. The minimum Gasteiger partial charge on any atom is -0.480 e. The van der Waals surface area contributed by atoms with Crippen LogP contribution >= 0.6 is 0 Å². The van der Waals surface area contributed by atoms with Crippen LogP contribution in [0.5, 0.6) is 0 Å². The molecule has 2 atom stereocenters. The summed E-state index contributed by atoms with van der Waals surface area (Å²) in [5, 5.41) is 8.87. The van der Waals surface area contributed by atoms with Gasteiger partial charge in [0.2, 0.25) is 5.91 Å². The molecule has 1 aromatic rings. The largest absolute Gasteiger partial charge is 0.480 e. The number of carboxylic acid groups (broad SMARTS) is 1. The Bertz CT molecular complexity index is 580. The number of carboxylic acids is 1. The van der Waals surface area contributed by atoms with Crippen LogP contribution in [0.1, 0.15) is 30.7 Å². The van der Waals surface area contributed by atoms with Crippen LogP contribution in [-0.2, 0) is 9.59 Å². The maximum Gasteiger partial charge on any atom is 0.323 e. The zero-order chi connectivity index (χ0) is 15.1. The van der Waals surface area contributed by atoms with Crippen LogP contribution in [0.15, 0.2) is 18.2 Å². The molecule has 0 aromatic heterocycles. The molecule has 0 bridgehead atoms. The van der Waals surface area contributed by atoms with E-state index in [0.29, 0.717) is 6.42 Å². The van der Waals surface area contributed by atoms with E-state index >= 15 is 0 Å². The second-order valence-corrected chi connectivity index (χ2v) is 5.68. The van der Waals surface area contributed by atoms with Crippen molar-refractivity contribution in [3.63, 3.8) is 0 Å². The van der Waals surface area contributed by atoms with Gasteiger partial charge in [0.05, 0.1) is 0 Å². The Morgan fingerprint density at radius 3 is 2.38 bits per heavy atom. The summed E-state index contributed by atoms with van der Waals surface area (Å²) in [6, 6.07) is 3.61. The van der Waals surface area contributed by atoms with Gasteiger partial charge in [-0.05, 0) is 31.4 Å². The average molecular weight is 295 g/mol. The highest BCUT2D eigenvalue weighted by atomic mass is 19.1. The maximum atomic E-state index is 13.7. The molecule has 4 nitrogen and oxygen atoms in total. The number of amides is 1. The van der Waals surface area contributed by atoms with Crippen molar-refractivity contribution in [2.24, 2.45) is 5.92 Å². The molecule has 0 saturated heterocycles. The molecule has 112 valence electrons. The molecule has 2 saturated carbocycles. The van der Waals surface area contributed by atoms with E-state index in [1.54, 1.807) is 0 Å². The summed E-state index contributed by atoms with van der Waals surface area (Å²) in [6.45, 7) is -0.341. The van der Waals surface area contributed by atoms with E-state index in [9.17, 15) is 18.4 Å². The van der Waals surface area contributed by atoms with Gasteiger partial charge in [0.1, 0.15) is 18.2 Å². The van der Waals surface area contributed by atoms with Crippen LogP contribution < -0.4 is 0 Å². The summed E-state index contributed by atoms with van der Waals surface area (Å²) in [5.41, 5.74) is -0.0538. The highest BCUT2D eigenvalue weighted by molar-refractivity contribution is 5.86. The highest BCUT2D eigenvalue weighted by Crippen LogP contribution is 2.50. The van der Waals surface area contributed by atoms with Crippen molar-refractivity contribution in [2.75, 3.05) is 6.54 Å². The standard InChI is InChI=1S/C15H15F2NO3/c16-11-2-1-3-12(17)14(11)9-6-10(9)15(21)18(7-13(19)20)8-4-5-8/h1-3,8-10H,4-7H2,(H,19,20)/t9-,10-/m0/s1. The Balaban J connectivity index is 1.74. The molecule has 1 aromatic carbocycles. The SMILES string of the molecule is O=C(O)CN(C(=O)[C@H]1C[C@@H]1c1c(F)cccc1F)C1CC1. The molecule has 3 rings (SSSR count). The van der Waals surface area contributed by atoms with Crippen LogP contribution in [0.25, 0.3) is 0 Å². The summed E-state index contributed by atoms with van der Waals surface area (Å²) in [6.07, 6.45) is 1.97. The van der Waals surface area contributed by atoms with Gasteiger partial charge in [-0.2, -0.15) is 0 Å². The third kappa shape index (κ3) is 2.75. The fraction of sp³-hybridized carbons (Fsp3) is 0.467. The normalized spacial score (nSPS) is 23.7. The molecule has 0 radical (unpaired) electrons. The molecule has 0 aliphatic heterocycles. The Kier molecular flexibility index (Phi) is 3.39. The van der Waals surface area contributed by atoms with Crippen molar-refractivity contribution < 1.29 is 23.5 Å². The molecule has 21 heavy (non-hydrogen) atoms. The number of aliphatic carboxylic acids is 1. The van der Waals surface area contributed by atoms with Gasteiger partial charge in [0.15, 0.2) is 0 Å². The van der Waals surface area contributed by atoms with Gasteiger partial charge < -0.3 is 10.0 Å². The summed E-state index contributed by atoms with van der Waals surface area (Å²) >= 11 is 0. The maximum absolute atomic E-state index is 13.7. The molecule has 2 fully saturated rings. The zero-order valence-electron chi connectivity index (χ0n) is 11.3. The summed E-state index contributed by atoms with van der Waals surface area (Å²) in [7, 11) is 0. The lowest BCUT2D eigenvalue weighted by Crippen LogP contribution is -2.38. The molecule has 0 unspecified atom stereocenters. The van der Waals surface area contributed by atoms with Crippen molar-refractivity contribution in [3.05, 3.63) is 35.4 Å². The van der Waals surface area contributed by atoms with E-state index < -0.39 is 29.4 Å². The van der Waals surface area contributed by atoms with Gasteiger partial charge >= 0.3 is 5.97 Å². The van der Waals surface area contributed by atoms with E-state index in [-0.39, 0.29) is 24.1 Å². The molecule has 0 spiro atoms. The van der Waals surface area contributed by atoms with Crippen LogP contribution in [0.3, 0.4) is 0 Å². The topological polar surface area (TPSA) is 57.6 Å². The van der Waals surface area contributed by atoms with Crippen LogP contribution in [0.2, 0.25) is 0 Å². The van der Waals surface area contributed by atoms with Crippen LogP contribution in [0, 0.1) is 17.6 Å². The first-order chi connectivity index (χ1) is 9.99. The molecule has 2 aliphatic carbocycles. The third-order valence-electron chi connectivity index (χ3n) is 4.05. The van der Waals surface area contributed by atoms with Crippen molar-refractivity contribution in [3.8, 4) is 0 Å². The third-order valence-corrected chi connectivity index (χ3v) is 4.05. The van der Waals surface area contributed by atoms with Crippen molar-refractivity contribution >= 4 is 11.9 Å². The number of hydrogen-bond acceptors (Lipinski definition) is 2. The van der Waals surface area contributed by atoms with Gasteiger partial charge in [0.25, 0.3) is 0 Å². The first-order valence-corrected chi connectivity index (χ1v) is 6.95. The van der Waals surface area contributed by atoms with Crippen LogP contribution in [0.4, 0.5) is 8.78 Å². The van der Waals surface area contributed by atoms with E-state index in [4.69, 9.17) is 5.11 Å². The lowest BCUT2D eigenvalue weighted by atomic mass is 10.1. The quantitative estimate of drug-likeness (QED) is 0.905. The number of benzene rings is 1. The van der Waals surface area contributed by atoms with Crippen molar-refractivity contribution in [2.45, 2.75) is 31.2 Å². The van der Waals surface area contributed by atoms with Gasteiger partial charge in [-0.15, -0.1) is 0 Å². The fourth-order valence-corrected chi connectivity index (χ4v) is 2.78. The first-order valence-electron chi connectivity index (χ1n) is 6.95. The van der Waals surface area contributed by atoms with E-state index in [2.05, 4.69) is 0 Å². The Labute approximate surface area is 120 Å². The predicted octanol–water partition coefficient (Wildman–Crippen LogP) is 2.14. The van der Waals surface area contributed by atoms with Crippen molar-refractivity contribution in [1.29, 1.82) is 0 Å². The summed E-state index contributed by atoms with van der Waals surface area (Å²) < 4.78 is 27.4. The molecular formula is C15H15F2NO3. The number of nitrogens with zero attached hydrogens (tertiary/aromatic N) is 1. The number of rotatable bonds is 5. The van der Waals surface area contributed by atoms with E-state index in [0.717, 1.165) is 12.8 Å². The minimum absolute atomic E-state index is 0.0275. The van der Waals surface area contributed by atoms with E-state index in [1.165, 1.54) is 23.1 Å². The van der Waals surface area contributed by atoms with Crippen molar-refractivity contribution in [1.82, 2.24) is 4.90 Å². The lowest BCUT2D eigenvalue weighted by molar-refractivity contribution is -0.145. The summed E-state index contributed by atoms with van der Waals surface area (Å²) in [5.74, 6) is -3.64. The van der Waals surface area contributed by atoms with Crippen LogP contribution in [-0.4, -0.2) is 34.5 Å². The summed E-state index contributed by atoms with van der Waals surface area (Å²) in [4.78, 5) is 24.5. The molecule has 0 heterocycles. The highest BCUT2D eigenvalue weighted by Gasteiger charge is 2.50. The van der Waals surface area contributed by atoms with E-state index in [1.807, 2.05) is 0 Å². The monoisotopic (exact) mass is 295 g/mol. The Hall–Kier alpha value is -1.98. The average Bonchev–Trinajstić information content (AvgIpc) is 3.28. The van der Waals surface area contributed by atoms with Gasteiger partial charge in [-0.3, -0.25) is 9.59 Å². The lowest BCUT2D eigenvalue weighted by Gasteiger charge is -2.20. The minimum atomic E-state index is -1.07. The molecule has 1 N–H and O–H groups in total.